The number of fused-ring (bicyclic) bond motifs is 2. The number of rotatable bonds is 6. The molecule has 2 aromatic carbocycles. The van der Waals surface area contributed by atoms with Crippen LogP contribution in [0.1, 0.15) is 50.7 Å². The molecule has 1 N–H and O–H groups in total. The number of benzene rings is 2. The van der Waals surface area contributed by atoms with Gasteiger partial charge in [0.15, 0.2) is 5.82 Å². The van der Waals surface area contributed by atoms with E-state index in [1.165, 1.54) is 22.1 Å². The average molecular weight is 649 g/mol. The molecule has 12 nitrogen and oxygen atoms in total. The van der Waals surface area contributed by atoms with E-state index in [4.69, 9.17) is 14.5 Å². The maximum Gasteiger partial charge on any atom is 0.410 e. The molecular formula is C32H37FN8O4S. The first-order valence-electron chi connectivity index (χ1n) is 15.0. The van der Waals surface area contributed by atoms with Crippen molar-refractivity contribution in [3.8, 4) is 5.19 Å². The number of piperazine rings is 1. The Labute approximate surface area is 269 Å². The minimum Gasteiger partial charge on any atom is -0.464 e. The predicted octanol–water partition coefficient (Wildman–Crippen LogP) is 5.72. The molecule has 1 aliphatic heterocycles. The van der Waals surface area contributed by atoms with Crippen LogP contribution in [0.25, 0.3) is 21.1 Å². The van der Waals surface area contributed by atoms with Crippen molar-refractivity contribution in [3.05, 3.63) is 59.8 Å². The quantitative estimate of drug-likeness (QED) is 0.248. The second kappa shape index (κ2) is 11.9. The average Bonchev–Trinajstić information content (AvgIpc) is 3.67. The summed E-state index contributed by atoms with van der Waals surface area (Å²) in [6.07, 6.45) is 3.05. The summed E-state index contributed by atoms with van der Waals surface area (Å²) in [5.74, 6) is -0.927. The van der Waals surface area contributed by atoms with Crippen molar-refractivity contribution in [2.75, 3.05) is 23.3 Å². The number of hydrogen-bond donors (Lipinski definition) is 1. The number of halogens is 1. The van der Waals surface area contributed by atoms with Gasteiger partial charge in [-0.15, -0.1) is 0 Å². The fourth-order valence-corrected chi connectivity index (χ4v) is 6.77. The van der Waals surface area contributed by atoms with Gasteiger partial charge < -0.3 is 19.7 Å². The Bertz CT molecular complexity index is 1930. The van der Waals surface area contributed by atoms with Crippen LogP contribution in [0.4, 0.5) is 20.6 Å². The predicted molar refractivity (Wildman–Crippen MR) is 175 cm³/mol. The lowest BCUT2D eigenvalue weighted by atomic mass is 10.1. The Kier molecular flexibility index (Phi) is 8.09. The molecule has 2 amide bonds. The number of aryl methyl sites for hydroxylation is 2. The lowest BCUT2D eigenvalue weighted by Gasteiger charge is -2.45. The molecule has 14 heteroatoms. The second-order valence-electron chi connectivity index (χ2n) is 12.7. The fourth-order valence-electron chi connectivity index (χ4n) is 5.82. The lowest BCUT2D eigenvalue weighted by molar-refractivity contribution is 0.00567. The molecule has 242 valence electrons. The van der Waals surface area contributed by atoms with Crippen LogP contribution in [-0.4, -0.2) is 72.2 Å². The molecule has 6 rings (SSSR count). The van der Waals surface area contributed by atoms with E-state index in [0.717, 1.165) is 11.4 Å². The van der Waals surface area contributed by atoms with E-state index in [-0.39, 0.29) is 30.3 Å². The van der Waals surface area contributed by atoms with Gasteiger partial charge in [0, 0.05) is 50.7 Å². The summed E-state index contributed by atoms with van der Waals surface area (Å²) in [6, 6.07) is 8.15. The van der Waals surface area contributed by atoms with Crippen molar-refractivity contribution >= 4 is 55.8 Å². The number of nitrogens with zero attached hydrogens (tertiary/aromatic N) is 7. The number of nitrogens with one attached hydrogen (secondary N) is 1. The minimum atomic E-state index is -0.599. The van der Waals surface area contributed by atoms with Crippen LogP contribution in [0, 0.1) is 5.82 Å². The molecule has 0 radical (unpaired) electrons. The van der Waals surface area contributed by atoms with E-state index < -0.39 is 17.3 Å². The number of carbonyl (C=O) groups excluding carboxylic acids is 2. The van der Waals surface area contributed by atoms with Crippen molar-refractivity contribution < 1.29 is 23.5 Å². The molecule has 0 unspecified atom stereocenters. The summed E-state index contributed by atoms with van der Waals surface area (Å²) in [5.41, 5.74) is 2.63. The Morgan fingerprint density at radius 1 is 1.09 bits per heavy atom. The highest BCUT2D eigenvalue weighted by molar-refractivity contribution is 7.20. The molecule has 1 saturated heterocycles. The lowest BCUT2D eigenvalue weighted by Crippen LogP contribution is -2.59. The van der Waals surface area contributed by atoms with E-state index in [9.17, 15) is 14.0 Å². The molecular weight excluding hydrogens is 611 g/mol. The smallest absolute Gasteiger partial charge is 0.410 e. The zero-order chi connectivity index (χ0) is 32.9. The monoisotopic (exact) mass is 648 g/mol. The van der Waals surface area contributed by atoms with Gasteiger partial charge in [0.25, 0.3) is 11.1 Å². The number of carbonyl (C=O) groups is 2. The summed E-state index contributed by atoms with van der Waals surface area (Å²) in [6.45, 7) is 10.9. The zero-order valence-corrected chi connectivity index (χ0v) is 27.7. The number of hydrogen-bond acceptors (Lipinski definition) is 9. The van der Waals surface area contributed by atoms with Crippen molar-refractivity contribution in [3.63, 3.8) is 0 Å². The van der Waals surface area contributed by atoms with E-state index in [1.54, 1.807) is 41.2 Å². The molecule has 46 heavy (non-hydrogen) atoms. The third kappa shape index (κ3) is 6.21. The maximum atomic E-state index is 14.8. The number of thiazole rings is 1. The number of ether oxygens (including phenoxy) is 2. The highest BCUT2D eigenvalue weighted by Gasteiger charge is 2.36. The van der Waals surface area contributed by atoms with Gasteiger partial charge in [-0.25, -0.2) is 14.2 Å². The van der Waals surface area contributed by atoms with Crippen LogP contribution in [0.2, 0.25) is 0 Å². The maximum absolute atomic E-state index is 14.8. The third-order valence-corrected chi connectivity index (χ3v) is 8.81. The highest BCUT2D eigenvalue weighted by Crippen LogP contribution is 2.39. The molecule has 0 aliphatic carbocycles. The van der Waals surface area contributed by atoms with Gasteiger partial charge in [0.05, 0.1) is 33.7 Å². The van der Waals surface area contributed by atoms with Gasteiger partial charge in [-0.2, -0.15) is 10.2 Å². The zero-order valence-electron chi connectivity index (χ0n) is 26.9. The third-order valence-electron chi connectivity index (χ3n) is 7.81. The van der Waals surface area contributed by atoms with Gasteiger partial charge in [-0.05, 0) is 65.0 Å². The number of aromatic nitrogens is 5. The van der Waals surface area contributed by atoms with Gasteiger partial charge in [-0.3, -0.25) is 19.1 Å². The van der Waals surface area contributed by atoms with Crippen molar-refractivity contribution in [2.45, 2.75) is 58.9 Å². The summed E-state index contributed by atoms with van der Waals surface area (Å²) < 4.78 is 30.4. The minimum absolute atomic E-state index is 0.145. The van der Waals surface area contributed by atoms with Crippen LogP contribution in [0.15, 0.2) is 42.7 Å². The van der Waals surface area contributed by atoms with Crippen molar-refractivity contribution in [1.82, 2.24) is 29.4 Å². The Morgan fingerprint density at radius 2 is 1.83 bits per heavy atom. The summed E-state index contributed by atoms with van der Waals surface area (Å²) in [4.78, 5) is 35.5. The standard InChI is InChI=1S/C32H37FN8O4S/c1-18-14-40(15-19(2)41(18)31(43)45-32(3,4)5)25-9-8-23(28-27(25)36-30(46-28)44-17-22-10-11-34-39(22)7)29(42)35-21-12-20-16-38(6)37-26(20)24(33)13-21/h8-13,16,18-19H,14-15,17H2,1-7H3,(H,35,42)/t18-,19-/m0/s1. The summed E-state index contributed by atoms with van der Waals surface area (Å²) in [5, 5.41) is 12.2. The van der Waals surface area contributed by atoms with Crippen LogP contribution in [0.5, 0.6) is 5.19 Å². The number of anilines is 2. The van der Waals surface area contributed by atoms with Gasteiger partial charge >= 0.3 is 6.09 Å². The van der Waals surface area contributed by atoms with E-state index in [0.29, 0.717) is 45.1 Å². The van der Waals surface area contributed by atoms with Gasteiger partial charge in [0.1, 0.15) is 23.2 Å². The van der Waals surface area contributed by atoms with Crippen molar-refractivity contribution in [1.29, 1.82) is 0 Å². The number of amides is 2. The first-order chi connectivity index (χ1) is 21.8. The molecule has 0 spiro atoms. The van der Waals surface area contributed by atoms with Crippen LogP contribution in [0.3, 0.4) is 0 Å². The molecule has 2 atom stereocenters. The SMILES string of the molecule is C[C@H]1CN(c2ccc(C(=O)Nc3cc(F)c4nn(C)cc4c3)c3sc(OCc4ccnn4C)nc23)C[C@H](C)N1C(=O)OC(C)(C)C. The first kappa shape index (κ1) is 31.3. The molecule has 1 fully saturated rings. The van der Waals surface area contributed by atoms with Crippen LogP contribution >= 0.6 is 11.3 Å². The van der Waals surface area contributed by atoms with E-state index in [2.05, 4.69) is 20.4 Å². The highest BCUT2D eigenvalue weighted by atomic mass is 32.1. The van der Waals surface area contributed by atoms with Crippen LogP contribution < -0.4 is 15.0 Å². The molecule has 0 saturated carbocycles. The molecule has 1 aliphatic rings. The molecule has 3 aromatic heterocycles. The first-order valence-corrected chi connectivity index (χ1v) is 15.8. The Morgan fingerprint density at radius 3 is 2.50 bits per heavy atom. The van der Waals surface area contributed by atoms with Crippen molar-refractivity contribution in [2.24, 2.45) is 14.1 Å². The molecule has 5 aromatic rings. The Hall–Kier alpha value is -4.72. The fraction of sp³-hybridized carbons (Fsp3) is 0.406. The topological polar surface area (TPSA) is 120 Å². The van der Waals surface area contributed by atoms with Gasteiger partial charge in [0.2, 0.25) is 0 Å². The van der Waals surface area contributed by atoms with E-state index >= 15 is 0 Å². The summed E-state index contributed by atoms with van der Waals surface area (Å²) >= 11 is 1.27. The normalized spacial score (nSPS) is 17.1. The summed E-state index contributed by atoms with van der Waals surface area (Å²) in [7, 11) is 3.55. The van der Waals surface area contributed by atoms with Gasteiger partial charge in [-0.1, -0.05) is 11.3 Å². The molecule has 4 heterocycles. The largest absolute Gasteiger partial charge is 0.464 e. The Balaban J connectivity index is 1.32. The second-order valence-corrected chi connectivity index (χ2v) is 13.6. The van der Waals surface area contributed by atoms with E-state index in [1.807, 2.05) is 53.8 Å². The van der Waals surface area contributed by atoms with Crippen LogP contribution in [-0.2, 0) is 25.4 Å². The molecule has 0 bridgehead atoms.